The molecular weight excluding hydrogens is 470 g/mol. The molecule has 3 heterocycles. The highest BCUT2D eigenvalue weighted by molar-refractivity contribution is 7.14. The fraction of sp³-hybridized carbons (Fsp3) is 0.448. The molecule has 1 saturated carbocycles. The molecular formula is C29H33N3O3S. The van der Waals surface area contributed by atoms with E-state index in [1.807, 2.05) is 0 Å². The largest absolute Gasteiger partial charge is 0.488 e. The number of methoxy groups -OCH3 is 1. The number of aryl methyl sites for hydroxylation is 1. The van der Waals surface area contributed by atoms with Gasteiger partial charge in [0.25, 0.3) is 0 Å². The normalized spacial score (nSPS) is 22.5. The topological polar surface area (TPSA) is 63.7 Å². The average Bonchev–Trinajstić information content (AvgIpc) is 3.25. The van der Waals surface area contributed by atoms with Gasteiger partial charge in [-0.2, -0.15) is 0 Å². The Balaban J connectivity index is 1.22. The SMILES string of the molecule is COC(=O)[C@]12C[C@H]1CN(c1nc(-c3cccc(C)c3OCc3ccc4c(c3C)CCNCC4)cs1)C2. The maximum atomic E-state index is 12.3. The smallest absolute Gasteiger partial charge is 0.313 e. The third kappa shape index (κ3) is 3.98. The molecule has 1 aromatic heterocycles. The third-order valence-electron chi connectivity index (χ3n) is 8.29. The highest BCUT2D eigenvalue weighted by Crippen LogP contribution is 2.59. The Labute approximate surface area is 216 Å². The van der Waals surface area contributed by atoms with Gasteiger partial charge in [-0.05, 0) is 86.0 Å². The van der Waals surface area contributed by atoms with Gasteiger partial charge in [-0.15, -0.1) is 11.3 Å². The molecule has 1 aliphatic carbocycles. The number of nitrogens with one attached hydrogen (secondary N) is 1. The molecule has 1 saturated heterocycles. The Kier molecular flexibility index (Phi) is 6.00. The first kappa shape index (κ1) is 23.5. The van der Waals surface area contributed by atoms with Crippen LogP contribution >= 0.6 is 11.3 Å². The number of anilines is 1. The van der Waals surface area contributed by atoms with Crippen LogP contribution in [0.4, 0.5) is 5.13 Å². The van der Waals surface area contributed by atoms with E-state index in [2.05, 4.69) is 59.8 Å². The van der Waals surface area contributed by atoms with E-state index in [0.717, 1.165) is 66.6 Å². The van der Waals surface area contributed by atoms with E-state index in [1.54, 1.807) is 11.3 Å². The zero-order chi connectivity index (χ0) is 24.9. The van der Waals surface area contributed by atoms with Crippen LogP contribution in [0.15, 0.2) is 35.7 Å². The lowest BCUT2D eigenvalue weighted by molar-refractivity contribution is -0.146. The molecule has 36 heavy (non-hydrogen) atoms. The molecule has 188 valence electrons. The summed E-state index contributed by atoms with van der Waals surface area (Å²) in [5.41, 5.74) is 8.26. The number of ether oxygens (including phenoxy) is 2. The highest BCUT2D eigenvalue weighted by Gasteiger charge is 2.66. The van der Waals surface area contributed by atoms with E-state index in [1.165, 1.54) is 29.4 Å². The van der Waals surface area contributed by atoms with Crippen LogP contribution in [0.2, 0.25) is 0 Å². The minimum atomic E-state index is -0.319. The minimum absolute atomic E-state index is 0.0782. The molecule has 0 spiro atoms. The fourth-order valence-corrected chi connectivity index (χ4v) is 6.87. The van der Waals surface area contributed by atoms with E-state index in [9.17, 15) is 4.79 Å². The van der Waals surface area contributed by atoms with Gasteiger partial charge in [0.1, 0.15) is 12.4 Å². The summed E-state index contributed by atoms with van der Waals surface area (Å²) in [6.45, 7) is 8.51. The molecule has 2 fully saturated rings. The van der Waals surface area contributed by atoms with Gasteiger partial charge in [-0.1, -0.05) is 24.3 Å². The van der Waals surface area contributed by atoms with Gasteiger partial charge in [0.05, 0.1) is 18.2 Å². The van der Waals surface area contributed by atoms with Crippen molar-refractivity contribution in [1.82, 2.24) is 10.3 Å². The zero-order valence-electron chi connectivity index (χ0n) is 21.2. The lowest BCUT2D eigenvalue weighted by Gasteiger charge is -2.19. The summed E-state index contributed by atoms with van der Waals surface area (Å²) >= 11 is 1.63. The number of piperidine rings is 1. The number of benzene rings is 2. The van der Waals surface area contributed by atoms with Crippen molar-refractivity contribution >= 4 is 22.4 Å². The molecule has 7 heteroatoms. The lowest BCUT2D eigenvalue weighted by Crippen LogP contribution is -2.29. The second-order valence-corrected chi connectivity index (χ2v) is 11.3. The van der Waals surface area contributed by atoms with E-state index in [0.29, 0.717) is 19.1 Å². The van der Waals surface area contributed by atoms with E-state index in [-0.39, 0.29) is 11.4 Å². The average molecular weight is 504 g/mol. The first-order chi connectivity index (χ1) is 17.5. The maximum Gasteiger partial charge on any atom is 0.313 e. The van der Waals surface area contributed by atoms with E-state index >= 15 is 0 Å². The van der Waals surface area contributed by atoms with Crippen LogP contribution < -0.4 is 15.0 Å². The molecule has 0 unspecified atom stereocenters. The predicted molar refractivity (Wildman–Crippen MR) is 143 cm³/mol. The van der Waals surface area contributed by atoms with Gasteiger partial charge >= 0.3 is 5.97 Å². The summed E-state index contributed by atoms with van der Waals surface area (Å²) in [5.74, 6) is 1.20. The number of hydrogen-bond donors (Lipinski definition) is 1. The number of esters is 1. The highest BCUT2D eigenvalue weighted by atomic mass is 32.1. The van der Waals surface area contributed by atoms with Crippen LogP contribution in [0.1, 0.15) is 34.2 Å². The van der Waals surface area contributed by atoms with Gasteiger partial charge in [-0.3, -0.25) is 4.79 Å². The molecule has 0 radical (unpaired) electrons. The zero-order valence-corrected chi connectivity index (χ0v) is 22.0. The lowest BCUT2D eigenvalue weighted by atomic mass is 9.94. The number of rotatable bonds is 6. The van der Waals surface area contributed by atoms with Gasteiger partial charge in [0.15, 0.2) is 5.13 Å². The van der Waals surface area contributed by atoms with Crippen molar-refractivity contribution in [2.24, 2.45) is 11.3 Å². The van der Waals surface area contributed by atoms with Crippen molar-refractivity contribution in [2.45, 2.75) is 39.7 Å². The van der Waals surface area contributed by atoms with Crippen molar-refractivity contribution in [3.63, 3.8) is 0 Å². The number of para-hydroxylation sites is 1. The minimum Gasteiger partial charge on any atom is -0.488 e. The van der Waals surface area contributed by atoms with Crippen molar-refractivity contribution in [1.29, 1.82) is 0 Å². The Hall–Kier alpha value is -2.90. The summed E-state index contributed by atoms with van der Waals surface area (Å²) in [6, 6.07) is 10.8. The van der Waals surface area contributed by atoms with Crippen LogP contribution in [0.3, 0.4) is 0 Å². The molecule has 2 atom stereocenters. The number of aromatic nitrogens is 1. The number of fused-ring (bicyclic) bond motifs is 2. The molecule has 3 aliphatic rings. The van der Waals surface area contributed by atoms with Crippen LogP contribution in [-0.2, 0) is 29.0 Å². The molecule has 0 bridgehead atoms. The maximum absolute atomic E-state index is 12.3. The van der Waals surface area contributed by atoms with Gasteiger partial charge in [0, 0.05) is 24.0 Å². The molecule has 6 nitrogen and oxygen atoms in total. The Morgan fingerprint density at radius 2 is 2.08 bits per heavy atom. The summed E-state index contributed by atoms with van der Waals surface area (Å²) in [5, 5.41) is 6.57. The van der Waals surface area contributed by atoms with Crippen molar-refractivity contribution in [3.8, 4) is 17.0 Å². The van der Waals surface area contributed by atoms with Crippen LogP contribution in [0, 0.1) is 25.2 Å². The summed E-state index contributed by atoms with van der Waals surface area (Å²) in [7, 11) is 1.49. The second kappa shape index (κ2) is 9.20. The molecule has 0 amide bonds. The van der Waals surface area contributed by atoms with Gasteiger partial charge in [-0.25, -0.2) is 4.98 Å². The molecule has 3 aromatic rings. The summed E-state index contributed by atoms with van der Waals surface area (Å²) in [6.07, 6.45) is 3.09. The monoisotopic (exact) mass is 503 g/mol. The fourth-order valence-electron chi connectivity index (χ4n) is 6.04. The van der Waals surface area contributed by atoms with Crippen molar-refractivity contribution < 1.29 is 14.3 Å². The predicted octanol–water partition coefficient (Wildman–Crippen LogP) is 4.69. The summed E-state index contributed by atoms with van der Waals surface area (Å²) < 4.78 is 11.6. The number of carbonyl (C=O) groups excluding carboxylic acids is 1. The molecule has 2 aromatic carbocycles. The third-order valence-corrected chi connectivity index (χ3v) is 9.19. The van der Waals surface area contributed by atoms with E-state index in [4.69, 9.17) is 14.5 Å². The van der Waals surface area contributed by atoms with Gasteiger partial charge in [0.2, 0.25) is 0 Å². The van der Waals surface area contributed by atoms with Crippen LogP contribution in [-0.4, -0.2) is 44.2 Å². The molecule has 6 rings (SSSR count). The second-order valence-electron chi connectivity index (χ2n) is 10.4. The summed E-state index contributed by atoms with van der Waals surface area (Å²) in [4.78, 5) is 19.5. The number of nitrogens with zero attached hydrogens (tertiary/aromatic N) is 2. The van der Waals surface area contributed by atoms with E-state index < -0.39 is 0 Å². The standard InChI is InChI=1S/C29H33N3O3S/c1-18-5-4-6-24(25-16-36-28(31-25)32-14-22-13-29(22,17-32)27(33)34-3)26(18)35-15-21-8-7-20-9-11-30-12-10-23(20)19(21)2/h4-8,16,22,30H,9-15,17H2,1-3H3/t22-,29-/m0/s1. The Morgan fingerprint density at radius 3 is 2.94 bits per heavy atom. The quantitative estimate of drug-likeness (QED) is 0.493. The van der Waals surface area contributed by atoms with Crippen molar-refractivity contribution in [3.05, 3.63) is 63.5 Å². The van der Waals surface area contributed by atoms with Crippen molar-refractivity contribution in [2.75, 3.05) is 38.2 Å². The number of carbonyl (C=O) groups is 1. The van der Waals surface area contributed by atoms with Crippen LogP contribution in [0.5, 0.6) is 5.75 Å². The molecule has 1 N–H and O–H groups in total. The van der Waals surface area contributed by atoms with Gasteiger partial charge < -0.3 is 19.7 Å². The Morgan fingerprint density at radius 1 is 1.22 bits per heavy atom. The Bertz CT molecular complexity index is 1320. The number of hydrogen-bond acceptors (Lipinski definition) is 7. The first-order valence-corrected chi connectivity index (χ1v) is 13.7. The first-order valence-electron chi connectivity index (χ1n) is 12.8. The molecule has 2 aliphatic heterocycles. The number of thiazole rings is 1. The van der Waals surface area contributed by atoms with Crippen LogP contribution in [0.25, 0.3) is 11.3 Å².